The standard InChI is InChI=1S/C22H19N5O/c1-28-19-11-5-10-18(15-19)22-25-21(20-16-23-12-13-24-20)26-27(22)14-6-9-17-7-3-2-4-8-17/h2-13,15-16H,14H2,1H3/b9-6+. The number of methoxy groups -OCH3 is 1. The molecule has 0 atom stereocenters. The molecule has 6 nitrogen and oxygen atoms in total. The van der Waals surface area contributed by atoms with Crippen LogP contribution in [0.4, 0.5) is 0 Å². The summed E-state index contributed by atoms with van der Waals surface area (Å²) in [6, 6.07) is 17.9. The van der Waals surface area contributed by atoms with Crippen LogP contribution in [-0.4, -0.2) is 31.8 Å². The van der Waals surface area contributed by atoms with Gasteiger partial charge < -0.3 is 4.74 Å². The maximum absolute atomic E-state index is 5.35. The largest absolute Gasteiger partial charge is 0.497 e. The van der Waals surface area contributed by atoms with Crippen molar-refractivity contribution in [1.82, 2.24) is 24.7 Å². The monoisotopic (exact) mass is 369 g/mol. The highest BCUT2D eigenvalue weighted by molar-refractivity contribution is 5.61. The highest BCUT2D eigenvalue weighted by atomic mass is 16.5. The molecule has 0 amide bonds. The number of hydrogen-bond acceptors (Lipinski definition) is 5. The van der Waals surface area contributed by atoms with Gasteiger partial charge in [-0.2, -0.15) is 0 Å². The van der Waals surface area contributed by atoms with Crippen molar-refractivity contribution in [3.05, 3.63) is 84.8 Å². The zero-order valence-electron chi connectivity index (χ0n) is 15.4. The molecule has 2 aromatic heterocycles. The third-order valence-corrected chi connectivity index (χ3v) is 4.18. The molecule has 0 radical (unpaired) electrons. The summed E-state index contributed by atoms with van der Waals surface area (Å²) in [4.78, 5) is 13.1. The minimum atomic E-state index is 0.541. The summed E-state index contributed by atoms with van der Waals surface area (Å²) in [6.07, 6.45) is 9.06. The molecule has 0 saturated heterocycles. The first kappa shape index (κ1) is 17.6. The van der Waals surface area contributed by atoms with E-state index in [0.29, 0.717) is 18.1 Å². The Labute approximate surface area is 163 Å². The summed E-state index contributed by atoms with van der Waals surface area (Å²) in [5.41, 5.74) is 2.70. The van der Waals surface area contributed by atoms with Crippen LogP contribution in [0.2, 0.25) is 0 Å². The Morgan fingerprint density at radius 2 is 1.93 bits per heavy atom. The lowest BCUT2D eigenvalue weighted by Gasteiger charge is -2.05. The molecule has 4 rings (SSSR count). The molecule has 138 valence electrons. The summed E-state index contributed by atoms with van der Waals surface area (Å²) in [7, 11) is 1.65. The van der Waals surface area contributed by atoms with Gasteiger partial charge in [0.15, 0.2) is 5.82 Å². The van der Waals surface area contributed by atoms with Crippen LogP contribution >= 0.6 is 0 Å². The van der Waals surface area contributed by atoms with Gasteiger partial charge in [-0.25, -0.2) is 14.6 Å². The van der Waals surface area contributed by atoms with Crippen molar-refractivity contribution in [1.29, 1.82) is 0 Å². The quantitative estimate of drug-likeness (QED) is 0.511. The van der Waals surface area contributed by atoms with Crippen LogP contribution in [0.1, 0.15) is 5.56 Å². The fourth-order valence-corrected chi connectivity index (χ4v) is 2.82. The number of benzene rings is 2. The first-order valence-corrected chi connectivity index (χ1v) is 8.91. The molecule has 0 N–H and O–H groups in total. The van der Waals surface area contributed by atoms with Crippen molar-refractivity contribution in [3.63, 3.8) is 0 Å². The minimum absolute atomic E-state index is 0.541. The summed E-state index contributed by atoms with van der Waals surface area (Å²) in [5, 5.41) is 4.65. The molecule has 28 heavy (non-hydrogen) atoms. The van der Waals surface area contributed by atoms with E-state index in [4.69, 9.17) is 9.72 Å². The van der Waals surface area contributed by atoms with Crippen LogP contribution in [0, 0.1) is 0 Å². The van der Waals surface area contributed by atoms with Crippen LogP contribution in [0.5, 0.6) is 5.75 Å². The number of hydrogen-bond donors (Lipinski definition) is 0. The molecule has 4 aromatic rings. The molecule has 0 unspecified atom stereocenters. The van der Waals surface area contributed by atoms with Gasteiger partial charge in [0, 0.05) is 18.0 Å². The summed E-state index contributed by atoms with van der Waals surface area (Å²) in [6.45, 7) is 0.578. The molecule has 0 saturated carbocycles. The van der Waals surface area contributed by atoms with Crippen molar-refractivity contribution in [2.45, 2.75) is 6.54 Å². The predicted octanol–water partition coefficient (Wildman–Crippen LogP) is 4.12. The van der Waals surface area contributed by atoms with Gasteiger partial charge in [-0.3, -0.25) is 4.98 Å². The molecule has 0 aliphatic carbocycles. The summed E-state index contributed by atoms with van der Waals surface area (Å²) in [5.74, 6) is 2.06. The molecule has 0 bridgehead atoms. The molecule has 0 aliphatic heterocycles. The van der Waals surface area contributed by atoms with E-state index in [1.54, 1.807) is 25.7 Å². The van der Waals surface area contributed by atoms with E-state index < -0.39 is 0 Å². The average Bonchev–Trinajstić information content (AvgIpc) is 3.19. The molecule has 6 heteroatoms. The van der Waals surface area contributed by atoms with Crippen molar-refractivity contribution in [3.8, 4) is 28.7 Å². The third kappa shape index (κ3) is 3.96. The SMILES string of the molecule is COc1cccc(-c2nc(-c3cnccn3)nn2C/C=C/c2ccccc2)c1. The van der Waals surface area contributed by atoms with Gasteiger partial charge in [0.25, 0.3) is 0 Å². The number of nitrogens with zero attached hydrogens (tertiary/aromatic N) is 5. The van der Waals surface area contributed by atoms with Gasteiger partial charge in [-0.05, 0) is 17.7 Å². The number of ether oxygens (including phenoxy) is 1. The van der Waals surface area contributed by atoms with Crippen molar-refractivity contribution in [2.75, 3.05) is 7.11 Å². The van der Waals surface area contributed by atoms with E-state index in [9.17, 15) is 0 Å². The summed E-state index contributed by atoms with van der Waals surface area (Å²) >= 11 is 0. The fourth-order valence-electron chi connectivity index (χ4n) is 2.82. The number of aromatic nitrogens is 5. The van der Waals surface area contributed by atoms with Crippen LogP contribution < -0.4 is 4.74 Å². The predicted molar refractivity (Wildman–Crippen MR) is 109 cm³/mol. The minimum Gasteiger partial charge on any atom is -0.497 e. The van der Waals surface area contributed by atoms with Gasteiger partial charge in [-0.15, -0.1) is 5.10 Å². The Hall–Kier alpha value is -3.80. The maximum atomic E-state index is 5.35. The lowest BCUT2D eigenvalue weighted by Crippen LogP contribution is -2.01. The fraction of sp³-hybridized carbons (Fsp3) is 0.0909. The highest BCUT2D eigenvalue weighted by Crippen LogP contribution is 2.24. The lowest BCUT2D eigenvalue weighted by molar-refractivity contribution is 0.415. The van der Waals surface area contributed by atoms with Gasteiger partial charge >= 0.3 is 0 Å². The molecule has 0 fully saturated rings. The van der Waals surface area contributed by atoms with Crippen molar-refractivity contribution >= 4 is 6.08 Å². The summed E-state index contributed by atoms with van der Waals surface area (Å²) < 4.78 is 7.21. The Kier molecular flexibility index (Phi) is 5.20. The molecular weight excluding hydrogens is 350 g/mol. The zero-order valence-corrected chi connectivity index (χ0v) is 15.4. The van der Waals surface area contributed by atoms with Crippen LogP contribution in [0.3, 0.4) is 0 Å². The second-order valence-corrected chi connectivity index (χ2v) is 6.08. The Bertz CT molecular complexity index is 1070. The van der Waals surface area contributed by atoms with E-state index >= 15 is 0 Å². The first-order chi connectivity index (χ1) is 13.8. The van der Waals surface area contributed by atoms with Gasteiger partial charge in [0.2, 0.25) is 5.82 Å². The van der Waals surface area contributed by atoms with Crippen molar-refractivity contribution in [2.24, 2.45) is 0 Å². The second-order valence-electron chi connectivity index (χ2n) is 6.08. The van der Waals surface area contributed by atoms with Crippen LogP contribution in [0.25, 0.3) is 29.0 Å². The van der Waals surface area contributed by atoms with Crippen molar-refractivity contribution < 1.29 is 4.74 Å². The van der Waals surface area contributed by atoms with E-state index in [1.807, 2.05) is 47.1 Å². The number of rotatable bonds is 6. The normalized spacial score (nSPS) is 11.0. The topological polar surface area (TPSA) is 65.7 Å². The Balaban J connectivity index is 1.70. The lowest BCUT2D eigenvalue weighted by atomic mass is 10.2. The number of allylic oxidation sites excluding steroid dienone is 1. The third-order valence-electron chi connectivity index (χ3n) is 4.18. The van der Waals surface area contributed by atoms with Crippen LogP contribution in [-0.2, 0) is 6.54 Å². The van der Waals surface area contributed by atoms with Gasteiger partial charge in [-0.1, -0.05) is 54.6 Å². The van der Waals surface area contributed by atoms with E-state index in [2.05, 4.69) is 39.4 Å². The molecule has 2 aromatic carbocycles. The van der Waals surface area contributed by atoms with Gasteiger partial charge in [0.1, 0.15) is 11.4 Å². The first-order valence-electron chi connectivity index (χ1n) is 8.91. The smallest absolute Gasteiger partial charge is 0.201 e. The average molecular weight is 369 g/mol. The molecule has 2 heterocycles. The van der Waals surface area contributed by atoms with E-state index in [0.717, 1.165) is 22.7 Å². The Morgan fingerprint density at radius 1 is 1.04 bits per heavy atom. The maximum Gasteiger partial charge on any atom is 0.201 e. The Morgan fingerprint density at radius 3 is 2.71 bits per heavy atom. The molecular formula is C22H19N5O. The highest BCUT2D eigenvalue weighted by Gasteiger charge is 2.14. The molecule has 0 spiro atoms. The van der Waals surface area contributed by atoms with Crippen LogP contribution in [0.15, 0.2) is 79.3 Å². The van der Waals surface area contributed by atoms with E-state index in [-0.39, 0.29) is 0 Å². The second kappa shape index (κ2) is 8.26. The zero-order chi connectivity index (χ0) is 19.2. The van der Waals surface area contributed by atoms with E-state index in [1.165, 1.54) is 0 Å². The molecule has 0 aliphatic rings. The van der Waals surface area contributed by atoms with Gasteiger partial charge in [0.05, 0.1) is 19.9 Å².